The second-order valence-corrected chi connectivity index (χ2v) is 7.53. The molecule has 1 aromatic carbocycles. The van der Waals surface area contributed by atoms with Crippen LogP contribution in [0.25, 0.3) is 0 Å². The van der Waals surface area contributed by atoms with E-state index in [4.69, 9.17) is 5.73 Å². The lowest BCUT2D eigenvalue weighted by molar-refractivity contribution is 0.585. The number of nitrogens with zero attached hydrogens (tertiary/aromatic N) is 2. The smallest absolute Gasteiger partial charge is 0.0738 e. The van der Waals surface area contributed by atoms with Crippen LogP contribution in [0.3, 0.4) is 0 Å². The van der Waals surface area contributed by atoms with Gasteiger partial charge in [-0.25, -0.2) is 0 Å². The van der Waals surface area contributed by atoms with Gasteiger partial charge in [0.15, 0.2) is 0 Å². The van der Waals surface area contributed by atoms with Crippen molar-refractivity contribution >= 4 is 54.5 Å². The van der Waals surface area contributed by atoms with Gasteiger partial charge in [0.1, 0.15) is 0 Å². The fourth-order valence-electron chi connectivity index (χ4n) is 2.18. The maximum Gasteiger partial charge on any atom is 0.0738 e. The highest BCUT2D eigenvalue weighted by molar-refractivity contribution is 14.1. The van der Waals surface area contributed by atoms with Crippen molar-refractivity contribution in [1.29, 1.82) is 0 Å². The van der Waals surface area contributed by atoms with Gasteiger partial charge in [0.25, 0.3) is 0 Å². The second kappa shape index (κ2) is 6.89. The Morgan fingerprint density at radius 3 is 2.75 bits per heavy atom. The molecule has 0 amide bonds. The molecule has 1 heterocycles. The highest BCUT2D eigenvalue weighted by Gasteiger charge is 2.18. The van der Waals surface area contributed by atoms with Crippen molar-refractivity contribution in [3.8, 4) is 0 Å². The van der Waals surface area contributed by atoms with E-state index in [0.29, 0.717) is 0 Å². The number of aryl methyl sites for hydroxylation is 2. The van der Waals surface area contributed by atoms with Gasteiger partial charge in [-0.05, 0) is 76.1 Å². The largest absolute Gasteiger partial charge is 0.324 e. The molecule has 1 atom stereocenters. The summed E-state index contributed by atoms with van der Waals surface area (Å²) in [6, 6.07) is 6.19. The van der Waals surface area contributed by atoms with Crippen LogP contribution in [-0.4, -0.2) is 9.78 Å². The lowest BCUT2D eigenvalue weighted by atomic mass is 10.0. The van der Waals surface area contributed by atoms with Crippen molar-refractivity contribution in [1.82, 2.24) is 9.78 Å². The Hall–Kier alpha value is 0.0800. The van der Waals surface area contributed by atoms with E-state index in [2.05, 4.69) is 78.6 Å². The summed E-state index contributed by atoms with van der Waals surface area (Å²) in [5.41, 5.74) is 9.70. The summed E-state index contributed by atoms with van der Waals surface area (Å²) >= 11 is 9.52. The molecule has 0 aliphatic rings. The van der Waals surface area contributed by atoms with Crippen molar-refractivity contribution in [3.63, 3.8) is 0 Å². The van der Waals surface area contributed by atoms with Gasteiger partial charge >= 0.3 is 0 Å². The van der Waals surface area contributed by atoms with Crippen LogP contribution in [0.4, 0.5) is 0 Å². The van der Waals surface area contributed by atoms with Gasteiger partial charge in [-0.2, -0.15) is 5.10 Å². The summed E-state index contributed by atoms with van der Waals surface area (Å²) in [4.78, 5) is 0. The second-order valence-electron chi connectivity index (χ2n) is 4.64. The molecule has 0 aliphatic carbocycles. The minimum atomic E-state index is -0.0585. The first-order valence-corrected chi connectivity index (χ1v) is 9.02. The Balaban J connectivity index is 2.32. The van der Waals surface area contributed by atoms with E-state index in [1.807, 2.05) is 17.7 Å². The molecule has 0 spiro atoms. The summed E-state index contributed by atoms with van der Waals surface area (Å²) in [6.07, 6.45) is 0.758. The van der Waals surface area contributed by atoms with Crippen LogP contribution in [0.1, 0.15) is 29.9 Å². The molecule has 1 unspecified atom stereocenters. The zero-order valence-corrected chi connectivity index (χ0v) is 16.7. The summed E-state index contributed by atoms with van der Waals surface area (Å²) in [7, 11) is 0. The third-order valence-corrected chi connectivity index (χ3v) is 5.65. The molecular formula is C14H16Br2IN3. The van der Waals surface area contributed by atoms with Crippen molar-refractivity contribution < 1.29 is 0 Å². The van der Waals surface area contributed by atoms with Crippen molar-refractivity contribution in [2.24, 2.45) is 5.73 Å². The number of hydrogen-bond donors (Lipinski definition) is 1. The Morgan fingerprint density at radius 1 is 1.40 bits per heavy atom. The molecule has 3 nitrogen and oxygen atoms in total. The zero-order valence-electron chi connectivity index (χ0n) is 11.3. The van der Waals surface area contributed by atoms with E-state index in [9.17, 15) is 0 Å². The molecule has 1 aromatic heterocycles. The molecule has 2 aromatic rings. The average molecular weight is 513 g/mol. The molecule has 2 rings (SSSR count). The molecule has 0 bridgehead atoms. The molecular weight excluding hydrogens is 497 g/mol. The van der Waals surface area contributed by atoms with E-state index >= 15 is 0 Å². The van der Waals surface area contributed by atoms with E-state index < -0.39 is 0 Å². The lowest BCUT2D eigenvalue weighted by Gasteiger charge is -2.15. The molecule has 108 valence electrons. The highest BCUT2D eigenvalue weighted by atomic mass is 127. The molecule has 0 radical (unpaired) electrons. The predicted molar refractivity (Wildman–Crippen MR) is 97.8 cm³/mol. The highest BCUT2D eigenvalue weighted by Crippen LogP contribution is 2.29. The van der Waals surface area contributed by atoms with Gasteiger partial charge < -0.3 is 5.73 Å². The third kappa shape index (κ3) is 3.45. The standard InChI is InChI=1S/C14H16Br2IN3/c1-3-20-13(14(16)8(2)19-20)7-12(18)10-6-9(17)4-5-11(10)15/h4-6,12H,3,7,18H2,1-2H3. The summed E-state index contributed by atoms with van der Waals surface area (Å²) < 4.78 is 5.33. The summed E-state index contributed by atoms with van der Waals surface area (Å²) in [5, 5.41) is 4.52. The fourth-order valence-corrected chi connectivity index (χ4v) is 3.68. The van der Waals surface area contributed by atoms with E-state index in [1.165, 1.54) is 3.57 Å². The molecule has 0 aliphatic heterocycles. The van der Waals surface area contributed by atoms with Gasteiger partial charge in [0.2, 0.25) is 0 Å². The molecule has 2 N–H and O–H groups in total. The van der Waals surface area contributed by atoms with E-state index in [1.54, 1.807) is 0 Å². The van der Waals surface area contributed by atoms with Crippen LogP contribution in [0.2, 0.25) is 0 Å². The maximum atomic E-state index is 6.40. The van der Waals surface area contributed by atoms with E-state index in [-0.39, 0.29) is 6.04 Å². The number of nitrogens with two attached hydrogens (primary N) is 1. The van der Waals surface area contributed by atoms with Gasteiger partial charge in [0.05, 0.1) is 15.9 Å². The molecule has 0 saturated carbocycles. The number of halogens is 3. The van der Waals surface area contributed by atoms with Gasteiger partial charge in [0, 0.05) is 27.1 Å². The number of rotatable bonds is 4. The normalized spacial score (nSPS) is 12.7. The Morgan fingerprint density at radius 2 is 2.10 bits per heavy atom. The molecule has 6 heteroatoms. The van der Waals surface area contributed by atoms with Gasteiger partial charge in [-0.15, -0.1) is 0 Å². The van der Waals surface area contributed by atoms with Gasteiger partial charge in [-0.1, -0.05) is 15.9 Å². The van der Waals surface area contributed by atoms with Crippen LogP contribution < -0.4 is 5.73 Å². The Kier molecular flexibility index (Phi) is 5.67. The third-order valence-electron chi connectivity index (χ3n) is 3.22. The zero-order chi connectivity index (χ0) is 14.9. The fraction of sp³-hybridized carbons (Fsp3) is 0.357. The Labute approximate surface area is 149 Å². The first kappa shape index (κ1) is 16.5. The minimum absolute atomic E-state index is 0.0585. The van der Waals surface area contributed by atoms with Crippen LogP contribution in [0, 0.1) is 10.5 Å². The minimum Gasteiger partial charge on any atom is -0.324 e. The Bertz CT molecular complexity index is 625. The monoisotopic (exact) mass is 511 g/mol. The van der Waals surface area contributed by atoms with Gasteiger partial charge in [-0.3, -0.25) is 4.68 Å². The molecule has 0 fully saturated rings. The van der Waals surface area contributed by atoms with E-state index in [0.717, 1.165) is 38.9 Å². The molecule has 0 saturated heterocycles. The van der Waals surface area contributed by atoms with Crippen LogP contribution in [0.15, 0.2) is 27.1 Å². The van der Waals surface area contributed by atoms with Crippen LogP contribution in [0.5, 0.6) is 0 Å². The first-order valence-electron chi connectivity index (χ1n) is 6.36. The van der Waals surface area contributed by atoms with Crippen molar-refractivity contribution in [2.45, 2.75) is 32.9 Å². The topological polar surface area (TPSA) is 43.8 Å². The summed E-state index contributed by atoms with van der Waals surface area (Å²) in [5.74, 6) is 0. The number of aromatic nitrogens is 2. The quantitative estimate of drug-likeness (QED) is 0.609. The number of benzene rings is 1. The van der Waals surface area contributed by atoms with Crippen LogP contribution in [-0.2, 0) is 13.0 Å². The first-order chi connectivity index (χ1) is 9.43. The van der Waals surface area contributed by atoms with Crippen molar-refractivity contribution in [3.05, 3.63) is 47.7 Å². The number of hydrogen-bond acceptors (Lipinski definition) is 2. The maximum absolute atomic E-state index is 6.40. The van der Waals surface area contributed by atoms with Crippen LogP contribution >= 0.6 is 54.5 Å². The van der Waals surface area contributed by atoms with Crippen molar-refractivity contribution in [2.75, 3.05) is 0 Å². The SMILES string of the molecule is CCn1nc(C)c(Br)c1CC(N)c1cc(I)ccc1Br. The molecule has 20 heavy (non-hydrogen) atoms. The predicted octanol–water partition coefficient (Wildman–Crippen LogP) is 4.58. The lowest BCUT2D eigenvalue weighted by Crippen LogP contribution is -2.17. The average Bonchev–Trinajstić information content (AvgIpc) is 2.69. The summed E-state index contributed by atoms with van der Waals surface area (Å²) in [6.45, 7) is 4.95.